The van der Waals surface area contributed by atoms with E-state index in [0.717, 1.165) is 57.8 Å². The van der Waals surface area contributed by atoms with Crippen LogP contribution in [0.5, 0.6) is 0 Å². The molecule has 0 bridgehead atoms. The first kappa shape index (κ1) is 15.3. The Morgan fingerprint density at radius 2 is 1.55 bits per heavy atom. The van der Waals surface area contributed by atoms with Gasteiger partial charge in [-0.3, -0.25) is 9.59 Å². The highest BCUT2D eigenvalue weighted by Crippen LogP contribution is 2.38. The summed E-state index contributed by atoms with van der Waals surface area (Å²) in [6.07, 6.45) is 8.45. The number of hydrogen-bond donors (Lipinski definition) is 3. The fourth-order valence-electron chi connectivity index (χ4n) is 3.81. The van der Waals surface area contributed by atoms with Crippen LogP contribution in [0.25, 0.3) is 0 Å². The van der Waals surface area contributed by atoms with E-state index < -0.39 is 16.9 Å². The fraction of sp³-hybridized carbons (Fsp3) is 0.867. The number of aliphatic carboxylic acids is 1. The lowest BCUT2D eigenvalue weighted by Gasteiger charge is -2.39. The third-order valence-electron chi connectivity index (χ3n) is 5.11. The van der Waals surface area contributed by atoms with Crippen LogP contribution in [0, 0.1) is 5.41 Å². The van der Waals surface area contributed by atoms with Crippen LogP contribution in [-0.2, 0) is 9.59 Å². The van der Waals surface area contributed by atoms with Crippen molar-refractivity contribution in [3.8, 4) is 0 Å². The van der Waals surface area contributed by atoms with Gasteiger partial charge < -0.3 is 16.2 Å². The Morgan fingerprint density at radius 1 is 1.00 bits per heavy atom. The zero-order valence-electron chi connectivity index (χ0n) is 12.1. The number of amides is 1. The van der Waals surface area contributed by atoms with Gasteiger partial charge in [-0.1, -0.05) is 32.1 Å². The van der Waals surface area contributed by atoms with Crippen LogP contribution >= 0.6 is 0 Å². The summed E-state index contributed by atoms with van der Waals surface area (Å²) in [5, 5.41) is 12.2. The normalized spacial score (nSPS) is 24.2. The maximum atomic E-state index is 12.7. The molecule has 0 aromatic rings. The molecule has 0 unspecified atom stereocenters. The molecule has 0 saturated heterocycles. The molecule has 2 rings (SSSR count). The van der Waals surface area contributed by atoms with Crippen molar-refractivity contribution in [2.24, 2.45) is 11.1 Å². The quantitative estimate of drug-likeness (QED) is 0.717. The average molecular weight is 282 g/mol. The van der Waals surface area contributed by atoms with Crippen LogP contribution in [0.3, 0.4) is 0 Å². The molecule has 0 radical (unpaired) electrons. The minimum Gasteiger partial charge on any atom is -0.481 e. The molecular formula is C15H26N2O3. The van der Waals surface area contributed by atoms with Crippen molar-refractivity contribution in [1.29, 1.82) is 0 Å². The summed E-state index contributed by atoms with van der Waals surface area (Å²) in [7, 11) is 0. The van der Waals surface area contributed by atoms with Gasteiger partial charge in [0.2, 0.25) is 5.91 Å². The summed E-state index contributed by atoms with van der Waals surface area (Å²) in [5.41, 5.74) is 4.88. The predicted molar refractivity (Wildman–Crippen MR) is 76.2 cm³/mol. The Labute approximate surface area is 120 Å². The summed E-state index contributed by atoms with van der Waals surface area (Å²) < 4.78 is 0. The molecule has 114 valence electrons. The lowest BCUT2D eigenvalue weighted by molar-refractivity contribution is -0.140. The Morgan fingerprint density at radius 3 is 2.05 bits per heavy atom. The maximum Gasteiger partial charge on any atom is 0.305 e. The molecule has 4 N–H and O–H groups in total. The van der Waals surface area contributed by atoms with E-state index in [0.29, 0.717) is 6.54 Å². The van der Waals surface area contributed by atoms with Gasteiger partial charge in [-0.15, -0.1) is 0 Å². The summed E-state index contributed by atoms with van der Waals surface area (Å²) >= 11 is 0. The second kappa shape index (κ2) is 6.12. The van der Waals surface area contributed by atoms with Crippen molar-refractivity contribution < 1.29 is 14.7 Å². The fourth-order valence-corrected chi connectivity index (χ4v) is 3.81. The zero-order chi connectivity index (χ0) is 14.6. The topological polar surface area (TPSA) is 92.4 Å². The third kappa shape index (κ3) is 3.14. The van der Waals surface area contributed by atoms with Crippen molar-refractivity contribution in [2.75, 3.05) is 6.54 Å². The van der Waals surface area contributed by atoms with Gasteiger partial charge in [0.15, 0.2) is 0 Å². The highest BCUT2D eigenvalue weighted by molar-refractivity contribution is 5.84. The number of nitrogens with two attached hydrogens (primary N) is 1. The molecule has 0 aromatic heterocycles. The highest BCUT2D eigenvalue weighted by atomic mass is 16.4. The molecule has 0 aliphatic heterocycles. The molecule has 0 aromatic carbocycles. The monoisotopic (exact) mass is 282 g/mol. The van der Waals surface area contributed by atoms with Crippen molar-refractivity contribution in [3.63, 3.8) is 0 Å². The molecule has 2 fully saturated rings. The van der Waals surface area contributed by atoms with E-state index in [1.807, 2.05) is 0 Å². The minimum atomic E-state index is -0.836. The predicted octanol–water partition coefficient (Wildman–Crippen LogP) is 1.80. The molecule has 5 nitrogen and oxygen atoms in total. The van der Waals surface area contributed by atoms with Gasteiger partial charge in [-0.25, -0.2) is 0 Å². The molecular weight excluding hydrogens is 256 g/mol. The lowest BCUT2D eigenvalue weighted by Crippen LogP contribution is -2.55. The number of rotatable bonds is 5. The van der Waals surface area contributed by atoms with Gasteiger partial charge in [0.05, 0.1) is 17.4 Å². The van der Waals surface area contributed by atoms with E-state index in [9.17, 15) is 9.59 Å². The second-order valence-electron chi connectivity index (χ2n) is 6.56. The number of carboxylic acids is 1. The number of carbonyl (C=O) groups is 2. The molecule has 1 amide bonds. The van der Waals surface area contributed by atoms with Crippen LogP contribution < -0.4 is 11.1 Å². The van der Waals surface area contributed by atoms with Crippen LogP contribution in [0.1, 0.15) is 64.2 Å². The lowest BCUT2D eigenvalue weighted by atomic mass is 9.72. The van der Waals surface area contributed by atoms with E-state index in [1.165, 1.54) is 0 Å². The standard InChI is InChI=1S/C15H26N2O3/c16-11-14(6-2-1-3-7-14)13(20)17-15(10-12(18)19)8-4-5-9-15/h1-11,16H2,(H,17,20)(H,18,19). The van der Waals surface area contributed by atoms with Gasteiger partial charge in [0.25, 0.3) is 0 Å². The van der Waals surface area contributed by atoms with Crippen molar-refractivity contribution >= 4 is 11.9 Å². The highest BCUT2D eigenvalue weighted by Gasteiger charge is 2.44. The van der Waals surface area contributed by atoms with E-state index in [1.54, 1.807) is 0 Å². The molecule has 20 heavy (non-hydrogen) atoms. The van der Waals surface area contributed by atoms with Gasteiger partial charge in [-0.05, 0) is 25.7 Å². The first-order valence-electron chi connectivity index (χ1n) is 7.76. The number of carbonyl (C=O) groups excluding carboxylic acids is 1. The number of carboxylic acid groups (broad SMARTS) is 1. The van der Waals surface area contributed by atoms with Crippen LogP contribution in [-0.4, -0.2) is 29.1 Å². The number of hydrogen-bond acceptors (Lipinski definition) is 3. The molecule has 2 aliphatic rings. The van der Waals surface area contributed by atoms with Crippen LogP contribution in [0.15, 0.2) is 0 Å². The minimum absolute atomic E-state index is 0.0112. The van der Waals surface area contributed by atoms with Gasteiger partial charge in [-0.2, -0.15) is 0 Å². The maximum absolute atomic E-state index is 12.7. The molecule has 0 heterocycles. The molecule has 0 atom stereocenters. The largest absolute Gasteiger partial charge is 0.481 e. The van der Waals surface area contributed by atoms with Crippen molar-refractivity contribution in [1.82, 2.24) is 5.32 Å². The Hall–Kier alpha value is -1.10. The molecule has 5 heteroatoms. The Bertz CT molecular complexity index is 369. The van der Waals surface area contributed by atoms with E-state index >= 15 is 0 Å². The second-order valence-corrected chi connectivity index (χ2v) is 6.56. The molecule has 0 spiro atoms. The van der Waals surface area contributed by atoms with E-state index in [4.69, 9.17) is 10.8 Å². The summed E-state index contributed by atoms with van der Waals surface area (Å²) in [4.78, 5) is 23.8. The SMILES string of the molecule is NCC1(C(=O)NC2(CC(=O)O)CCCC2)CCCCC1. The van der Waals surface area contributed by atoms with Gasteiger partial charge in [0.1, 0.15) is 0 Å². The first-order chi connectivity index (χ1) is 9.52. The molecule has 2 aliphatic carbocycles. The van der Waals surface area contributed by atoms with Gasteiger partial charge in [0, 0.05) is 6.54 Å². The Kier molecular flexibility index (Phi) is 4.68. The third-order valence-corrected chi connectivity index (χ3v) is 5.11. The summed E-state index contributed by atoms with van der Waals surface area (Å²) in [5.74, 6) is -0.847. The van der Waals surface area contributed by atoms with E-state index in [-0.39, 0.29) is 12.3 Å². The number of nitrogens with one attached hydrogen (secondary N) is 1. The smallest absolute Gasteiger partial charge is 0.305 e. The summed E-state index contributed by atoms with van der Waals surface area (Å²) in [6, 6.07) is 0. The average Bonchev–Trinajstić information content (AvgIpc) is 2.86. The van der Waals surface area contributed by atoms with Crippen LogP contribution in [0.2, 0.25) is 0 Å². The molecule has 2 saturated carbocycles. The zero-order valence-corrected chi connectivity index (χ0v) is 12.1. The Balaban J connectivity index is 2.09. The first-order valence-corrected chi connectivity index (χ1v) is 7.76. The van der Waals surface area contributed by atoms with Crippen LogP contribution in [0.4, 0.5) is 0 Å². The summed E-state index contributed by atoms with van der Waals surface area (Å²) in [6.45, 7) is 0.363. The van der Waals surface area contributed by atoms with E-state index in [2.05, 4.69) is 5.32 Å². The van der Waals surface area contributed by atoms with Crippen molar-refractivity contribution in [2.45, 2.75) is 69.7 Å². The van der Waals surface area contributed by atoms with Crippen molar-refractivity contribution in [3.05, 3.63) is 0 Å². The van der Waals surface area contributed by atoms with Gasteiger partial charge >= 0.3 is 5.97 Å².